The van der Waals surface area contributed by atoms with Crippen LogP contribution in [0, 0.1) is 0 Å². The molecule has 1 aromatic carbocycles. The van der Waals surface area contributed by atoms with E-state index in [9.17, 15) is 19.2 Å². The van der Waals surface area contributed by atoms with E-state index in [0.29, 0.717) is 70.8 Å². The van der Waals surface area contributed by atoms with Crippen LogP contribution in [0.15, 0.2) is 36.4 Å². The summed E-state index contributed by atoms with van der Waals surface area (Å²) in [6.07, 6.45) is 9.88. The molecule has 0 aromatic heterocycles. The van der Waals surface area contributed by atoms with Crippen LogP contribution in [0.3, 0.4) is 0 Å². The first-order chi connectivity index (χ1) is 21.0. The fraction of sp³-hybridized carbons (Fsp3) is 0.625. The van der Waals surface area contributed by atoms with Gasteiger partial charge in [-0.1, -0.05) is 37.1 Å². The molecule has 5 rings (SSSR count). The van der Waals surface area contributed by atoms with Gasteiger partial charge in [0.2, 0.25) is 23.6 Å². The van der Waals surface area contributed by atoms with E-state index in [1.165, 1.54) is 0 Å². The van der Waals surface area contributed by atoms with Crippen LogP contribution >= 0.6 is 0 Å². The number of morpholine rings is 1. The number of benzene rings is 1. The highest BCUT2D eigenvalue weighted by atomic mass is 16.5. The molecule has 0 spiro atoms. The molecule has 4 amide bonds. The van der Waals surface area contributed by atoms with Gasteiger partial charge in [0.05, 0.1) is 19.8 Å². The van der Waals surface area contributed by atoms with Gasteiger partial charge in [0.15, 0.2) is 0 Å². The van der Waals surface area contributed by atoms with Gasteiger partial charge < -0.3 is 30.3 Å². The van der Waals surface area contributed by atoms with Crippen molar-refractivity contribution in [3.05, 3.63) is 42.0 Å². The van der Waals surface area contributed by atoms with Gasteiger partial charge in [-0.2, -0.15) is 0 Å². The quantitative estimate of drug-likeness (QED) is 0.423. The minimum atomic E-state index is -0.886. The van der Waals surface area contributed by atoms with Crippen molar-refractivity contribution in [2.75, 3.05) is 46.0 Å². The van der Waals surface area contributed by atoms with Crippen molar-refractivity contribution < 1.29 is 28.7 Å². The summed E-state index contributed by atoms with van der Waals surface area (Å²) >= 11 is 0. The number of nitrogens with zero attached hydrogens (tertiary/aromatic N) is 2. The summed E-state index contributed by atoms with van der Waals surface area (Å²) in [5.74, 6) is -0.444. The summed E-state index contributed by atoms with van der Waals surface area (Å²) in [5.41, 5.74) is 0.873. The maximum absolute atomic E-state index is 13.9. The second kappa shape index (κ2) is 15.3. The molecule has 11 nitrogen and oxygen atoms in total. The van der Waals surface area contributed by atoms with Gasteiger partial charge in [0, 0.05) is 45.1 Å². The zero-order valence-electron chi connectivity index (χ0n) is 24.9. The molecule has 2 bridgehead atoms. The van der Waals surface area contributed by atoms with Crippen LogP contribution in [0.25, 0.3) is 0 Å². The first-order valence-electron chi connectivity index (χ1n) is 15.9. The fourth-order valence-corrected chi connectivity index (χ4v) is 6.29. The normalized spacial score (nSPS) is 27.3. The number of rotatable bonds is 6. The lowest BCUT2D eigenvalue weighted by atomic mass is 10.0. The van der Waals surface area contributed by atoms with Crippen molar-refractivity contribution in [3.8, 4) is 5.75 Å². The predicted octanol–water partition coefficient (Wildman–Crippen LogP) is 1.31. The molecule has 43 heavy (non-hydrogen) atoms. The van der Waals surface area contributed by atoms with E-state index in [1.807, 2.05) is 30.3 Å². The predicted molar refractivity (Wildman–Crippen MR) is 160 cm³/mol. The Hall–Kier alpha value is -3.44. The van der Waals surface area contributed by atoms with Gasteiger partial charge in [0.1, 0.15) is 23.9 Å². The number of carbonyl (C=O) groups is 4. The monoisotopic (exact) mass is 595 g/mol. The van der Waals surface area contributed by atoms with E-state index in [-0.39, 0.29) is 23.8 Å². The van der Waals surface area contributed by atoms with E-state index in [2.05, 4.69) is 20.9 Å². The minimum absolute atomic E-state index is 0.0648. The summed E-state index contributed by atoms with van der Waals surface area (Å²) in [5, 5.41) is 8.99. The number of amides is 4. The van der Waals surface area contributed by atoms with E-state index in [4.69, 9.17) is 9.47 Å². The van der Waals surface area contributed by atoms with E-state index in [1.54, 1.807) is 11.0 Å². The number of hydrogen-bond donors (Lipinski definition) is 3. The van der Waals surface area contributed by atoms with Gasteiger partial charge in [-0.25, -0.2) is 0 Å². The van der Waals surface area contributed by atoms with E-state index in [0.717, 1.165) is 44.3 Å². The number of ether oxygens (including phenoxy) is 2. The van der Waals surface area contributed by atoms with Crippen LogP contribution in [0.4, 0.5) is 0 Å². The number of likely N-dealkylation sites (tertiary alicyclic amines) is 1. The Balaban J connectivity index is 1.40. The largest absolute Gasteiger partial charge is 0.493 e. The molecule has 1 saturated carbocycles. The maximum Gasteiger partial charge on any atom is 0.246 e. The maximum atomic E-state index is 13.9. The van der Waals surface area contributed by atoms with Gasteiger partial charge in [-0.15, -0.1) is 0 Å². The summed E-state index contributed by atoms with van der Waals surface area (Å²) in [6, 6.07) is 5.14. The van der Waals surface area contributed by atoms with Crippen molar-refractivity contribution in [3.63, 3.8) is 0 Å². The Bertz CT molecular complexity index is 1160. The molecule has 1 aromatic rings. The molecule has 0 radical (unpaired) electrons. The third kappa shape index (κ3) is 8.79. The molecule has 3 N–H and O–H groups in total. The Morgan fingerprint density at radius 3 is 2.56 bits per heavy atom. The van der Waals surface area contributed by atoms with Crippen LogP contribution in [0.1, 0.15) is 56.9 Å². The van der Waals surface area contributed by atoms with Gasteiger partial charge in [0.25, 0.3) is 0 Å². The zero-order valence-corrected chi connectivity index (χ0v) is 24.9. The van der Waals surface area contributed by atoms with Crippen molar-refractivity contribution in [2.24, 2.45) is 0 Å². The summed E-state index contributed by atoms with van der Waals surface area (Å²) in [4.78, 5) is 57.8. The zero-order chi connectivity index (χ0) is 30.0. The third-order valence-electron chi connectivity index (χ3n) is 8.75. The third-order valence-corrected chi connectivity index (χ3v) is 8.75. The van der Waals surface area contributed by atoms with Gasteiger partial charge in [-0.3, -0.25) is 24.1 Å². The molecular weight excluding hydrogens is 550 g/mol. The number of carbonyl (C=O) groups excluding carboxylic acids is 4. The lowest BCUT2D eigenvalue weighted by molar-refractivity contribution is -0.139. The smallest absolute Gasteiger partial charge is 0.246 e. The van der Waals surface area contributed by atoms with E-state index >= 15 is 0 Å². The van der Waals surface area contributed by atoms with Crippen LogP contribution < -0.4 is 20.7 Å². The Labute approximate surface area is 253 Å². The molecule has 1 aliphatic carbocycles. The molecule has 0 unspecified atom stereocenters. The average molecular weight is 596 g/mol. The molecule has 3 atom stereocenters. The van der Waals surface area contributed by atoms with Crippen molar-refractivity contribution in [1.29, 1.82) is 0 Å². The van der Waals surface area contributed by atoms with Gasteiger partial charge >= 0.3 is 0 Å². The highest BCUT2D eigenvalue weighted by Crippen LogP contribution is 2.21. The lowest BCUT2D eigenvalue weighted by Crippen LogP contribution is -2.58. The first-order valence-corrected chi connectivity index (χ1v) is 15.9. The summed E-state index contributed by atoms with van der Waals surface area (Å²) < 4.78 is 11.4. The molecule has 234 valence electrons. The number of nitrogens with one attached hydrogen (secondary N) is 3. The second-order valence-corrected chi connectivity index (χ2v) is 11.9. The van der Waals surface area contributed by atoms with Crippen LogP contribution in [-0.2, 0) is 30.3 Å². The number of fused-ring (bicyclic) bond motifs is 2. The summed E-state index contributed by atoms with van der Waals surface area (Å²) in [7, 11) is 0. The Morgan fingerprint density at radius 1 is 0.977 bits per heavy atom. The van der Waals surface area contributed by atoms with Crippen molar-refractivity contribution in [1.82, 2.24) is 25.8 Å². The summed E-state index contributed by atoms with van der Waals surface area (Å²) in [6.45, 7) is 4.22. The molecule has 3 fully saturated rings. The van der Waals surface area contributed by atoms with E-state index < -0.39 is 24.0 Å². The molecule has 3 aliphatic heterocycles. The molecule has 11 heteroatoms. The van der Waals surface area contributed by atoms with Crippen molar-refractivity contribution >= 4 is 23.6 Å². The number of hydrogen-bond acceptors (Lipinski definition) is 7. The Morgan fingerprint density at radius 2 is 1.79 bits per heavy atom. The minimum Gasteiger partial charge on any atom is -0.493 e. The SMILES string of the molecule is O=C(NC1CCCC1)[C@@H]1/C=C\CCOc2cccc(c2)C[C@H](N2CCCC2=O)C(=O)N[C@@H](CCN2CCOCC2)C(=O)N1. The first kappa shape index (κ1) is 31.0. The van der Waals surface area contributed by atoms with Gasteiger partial charge in [-0.05, 0) is 49.8 Å². The second-order valence-electron chi connectivity index (χ2n) is 11.9. The standard InChI is InChI=1S/C32H45N5O6/c38-29-12-6-14-37(29)28-22-23-7-5-10-25(21-23)43-18-4-3-11-26(30(39)33-24-8-1-2-9-24)34-31(40)27(35-32(28)41)13-15-36-16-19-42-20-17-36/h3,5,7,10-11,21,24,26-28H,1-2,4,6,8-9,12-20,22H2,(H,33,39)(H,34,40)(H,35,41)/b11-3-/t26-,27-,28-/m0/s1. The van der Waals surface area contributed by atoms with Crippen LogP contribution in [-0.4, -0.2) is 104 Å². The molecular formula is C32H45N5O6. The van der Waals surface area contributed by atoms with Crippen LogP contribution in [0.5, 0.6) is 5.75 Å². The topological polar surface area (TPSA) is 129 Å². The van der Waals surface area contributed by atoms with Crippen molar-refractivity contribution in [2.45, 2.75) is 82.0 Å². The molecule has 3 heterocycles. The molecule has 2 saturated heterocycles. The highest BCUT2D eigenvalue weighted by Gasteiger charge is 2.36. The fourth-order valence-electron chi connectivity index (χ4n) is 6.29. The highest BCUT2D eigenvalue weighted by molar-refractivity contribution is 5.95. The molecule has 4 aliphatic rings. The Kier molecular flexibility index (Phi) is 11.1. The average Bonchev–Trinajstić information content (AvgIpc) is 3.69. The lowest BCUT2D eigenvalue weighted by Gasteiger charge is -2.31. The van der Waals surface area contributed by atoms with Crippen LogP contribution in [0.2, 0.25) is 0 Å².